The summed E-state index contributed by atoms with van der Waals surface area (Å²) in [6, 6.07) is 9.00. The highest BCUT2D eigenvalue weighted by atomic mass is 32.2. The lowest BCUT2D eigenvalue weighted by Gasteiger charge is -2.32. The normalized spacial score (nSPS) is 17.5. The van der Waals surface area contributed by atoms with Crippen molar-refractivity contribution >= 4 is 34.9 Å². The number of anilines is 1. The van der Waals surface area contributed by atoms with Crippen LogP contribution in [-0.2, 0) is 4.79 Å². The van der Waals surface area contributed by atoms with Crippen LogP contribution in [0.5, 0.6) is 17.5 Å². The van der Waals surface area contributed by atoms with E-state index < -0.39 is 5.91 Å². The van der Waals surface area contributed by atoms with Crippen molar-refractivity contribution in [1.29, 1.82) is 0 Å². The highest BCUT2D eigenvalue weighted by Gasteiger charge is 2.25. The number of nitrogens with one attached hydrogen (secondary N) is 1. The SMILES string of the molecule is Cc1c(Oc2cccc(C=C3SC(=O)NC3=O)c2)ncnc1OC1CCN(c2ncccn2)CC1. The minimum atomic E-state index is -0.401. The quantitative estimate of drug-likeness (QED) is 0.512. The van der Waals surface area contributed by atoms with Gasteiger partial charge < -0.3 is 14.4 Å². The lowest BCUT2D eigenvalue weighted by atomic mass is 10.1. The van der Waals surface area contributed by atoms with Gasteiger partial charge in [-0.15, -0.1) is 0 Å². The Morgan fingerprint density at radius 3 is 2.57 bits per heavy atom. The third kappa shape index (κ3) is 5.40. The fourth-order valence-corrected chi connectivity index (χ4v) is 4.46. The summed E-state index contributed by atoms with van der Waals surface area (Å²) in [6.45, 7) is 3.45. The van der Waals surface area contributed by atoms with Crippen LogP contribution in [0.15, 0.2) is 54.0 Å². The van der Waals surface area contributed by atoms with Crippen LogP contribution in [0, 0.1) is 6.92 Å². The van der Waals surface area contributed by atoms with Crippen LogP contribution in [0.3, 0.4) is 0 Å². The van der Waals surface area contributed by atoms with Gasteiger partial charge in [-0.3, -0.25) is 14.9 Å². The van der Waals surface area contributed by atoms with Crippen molar-refractivity contribution in [2.75, 3.05) is 18.0 Å². The molecule has 35 heavy (non-hydrogen) atoms. The third-order valence-electron chi connectivity index (χ3n) is 5.56. The second kappa shape index (κ2) is 10.1. The molecule has 2 amide bonds. The van der Waals surface area contributed by atoms with Crippen LogP contribution in [-0.4, -0.2) is 50.3 Å². The summed E-state index contributed by atoms with van der Waals surface area (Å²) < 4.78 is 12.2. The van der Waals surface area contributed by atoms with E-state index in [0.717, 1.165) is 49.2 Å². The first-order chi connectivity index (χ1) is 17.0. The van der Waals surface area contributed by atoms with E-state index in [-0.39, 0.29) is 11.3 Å². The maximum absolute atomic E-state index is 11.8. The molecule has 0 bridgehead atoms. The van der Waals surface area contributed by atoms with Crippen molar-refractivity contribution in [2.24, 2.45) is 0 Å². The zero-order chi connectivity index (χ0) is 24.2. The molecule has 11 heteroatoms. The van der Waals surface area contributed by atoms with Crippen molar-refractivity contribution < 1.29 is 19.1 Å². The molecule has 3 aromatic rings. The molecule has 0 saturated carbocycles. The van der Waals surface area contributed by atoms with E-state index >= 15 is 0 Å². The molecule has 10 nitrogen and oxygen atoms in total. The van der Waals surface area contributed by atoms with Crippen LogP contribution in [0.4, 0.5) is 10.7 Å². The summed E-state index contributed by atoms with van der Waals surface area (Å²) in [7, 11) is 0. The zero-order valence-corrected chi connectivity index (χ0v) is 19.7. The van der Waals surface area contributed by atoms with Gasteiger partial charge >= 0.3 is 0 Å². The van der Waals surface area contributed by atoms with Gasteiger partial charge in [0.2, 0.25) is 17.7 Å². The molecule has 5 rings (SSSR count). The van der Waals surface area contributed by atoms with Gasteiger partial charge in [0, 0.05) is 38.3 Å². The first kappa shape index (κ1) is 22.8. The van der Waals surface area contributed by atoms with Crippen LogP contribution < -0.4 is 19.7 Å². The molecular weight excluding hydrogens is 468 g/mol. The molecule has 2 aliphatic heterocycles. The van der Waals surface area contributed by atoms with Crippen molar-refractivity contribution in [2.45, 2.75) is 25.9 Å². The summed E-state index contributed by atoms with van der Waals surface area (Å²) >= 11 is 0.872. The van der Waals surface area contributed by atoms with Crippen LogP contribution in [0.2, 0.25) is 0 Å². The fourth-order valence-electron chi connectivity index (χ4n) is 3.78. The number of nitrogens with zero attached hydrogens (tertiary/aromatic N) is 5. The number of imide groups is 1. The molecule has 4 heterocycles. The third-order valence-corrected chi connectivity index (χ3v) is 6.37. The van der Waals surface area contributed by atoms with Gasteiger partial charge in [0.25, 0.3) is 11.1 Å². The average molecular weight is 491 g/mol. The van der Waals surface area contributed by atoms with Crippen LogP contribution in [0.1, 0.15) is 24.0 Å². The number of carbonyl (C=O) groups excluding carboxylic acids is 2. The predicted molar refractivity (Wildman–Crippen MR) is 130 cm³/mol. The topological polar surface area (TPSA) is 119 Å². The molecule has 2 fully saturated rings. The Labute approximate surface area is 205 Å². The summed E-state index contributed by atoms with van der Waals surface area (Å²) in [5.41, 5.74) is 1.42. The fraction of sp³-hybridized carbons (Fsp3) is 0.250. The average Bonchev–Trinajstić information content (AvgIpc) is 3.19. The molecule has 0 atom stereocenters. The number of hydrogen-bond donors (Lipinski definition) is 1. The van der Waals surface area contributed by atoms with Crippen molar-refractivity contribution in [3.8, 4) is 17.5 Å². The molecular formula is C24H22N6O4S. The monoisotopic (exact) mass is 490 g/mol. The van der Waals surface area contributed by atoms with E-state index in [2.05, 4.69) is 30.2 Å². The highest BCUT2D eigenvalue weighted by Crippen LogP contribution is 2.31. The number of thioether (sulfide) groups is 1. The standard InChI is InChI=1S/C24H22N6O4S/c1-15-21(33-17-6-10-30(11-7-17)23-25-8-3-9-26-23)27-14-28-22(15)34-18-5-2-4-16(12-18)13-19-20(31)29-24(32)35-19/h2-5,8-9,12-14,17H,6-7,10-11H2,1H3,(H,29,31,32). The number of amides is 2. The molecule has 2 aliphatic rings. The summed E-state index contributed by atoms with van der Waals surface area (Å²) in [5, 5.41) is 1.87. The first-order valence-corrected chi connectivity index (χ1v) is 11.9. The van der Waals surface area contributed by atoms with Crippen molar-refractivity contribution in [3.05, 3.63) is 65.1 Å². The minimum absolute atomic E-state index is 0.0177. The second-order valence-corrected chi connectivity index (χ2v) is 9.00. The molecule has 1 N–H and O–H groups in total. The lowest BCUT2D eigenvalue weighted by molar-refractivity contribution is -0.115. The maximum atomic E-state index is 11.8. The number of carbonyl (C=O) groups is 2. The predicted octanol–water partition coefficient (Wildman–Crippen LogP) is 3.74. The Balaban J connectivity index is 1.24. The van der Waals surface area contributed by atoms with Gasteiger partial charge in [-0.1, -0.05) is 12.1 Å². The van der Waals surface area contributed by atoms with Gasteiger partial charge in [0.15, 0.2) is 0 Å². The van der Waals surface area contributed by atoms with Crippen LogP contribution >= 0.6 is 11.8 Å². The van der Waals surface area contributed by atoms with E-state index in [1.54, 1.807) is 42.7 Å². The smallest absolute Gasteiger partial charge is 0.290 e. The van der Waals surface area contributed by atoms with Gasteiger partial charge in [-0.25, -0.2) is 19.9 Å². The zero-order valence-electron chi connectivity index (χ0n) is 18.9. The number of aromatic nitrogens is 4. The molecule has 2 aromatic heterocycles. The molecule has 2 saturated heterocycles. The van der Waals surface area contributed by atoms with Crippen molar-refractivity contribution in [3.63, 3.8) is 0 Å². The Morgan fingerprint density at radius 1 is 1.06 bits per heavy atom. The van der Waals surface area contributed by atoms with E-state index in [1.165, 1.54) is 6.33 Å². The van der Waals surface area contributed by atoms with Gasteiger partial charge in [0.1, 0.15) is 18.2 Å². The Kier molecular flexibility index (Phi) is 6.57. The van der Waals surface area contributed by atoms with Crippen molar-refractivity contribution in [1.82, 2.24) is 25.3 Å². The number of benzene rings is 1. The Bertz CT molecular complexity index is 1280. The van der Waals surface area contributed by atoms with E-state index in [1.807, 2.05) is 13.0 Å². The second-order valence-electron chi connectivity index (χ2n) is 7.99. The molecule has 178 valence electrons. The molecule has 0 unspecified atom stereocenters. The largest absolute Gasteiger partial charge is 0.474 e. The summed E-state index contributed by atoms with van der Waals surface area (Å²) in [4.78, 5) is 42.9. The number of hydrogen-bond acceptors (Lipinski definition) is 10. The molecule has 0 radical (unpaired) electrons. The lowest BCUT2D eigenvalue weighted by Crippen LogP contribution is -2.39. The first-order valence-electron chi connectivity index (χ1n) is 11.1. The highest BCUT2D eigenvalue weighted by molar-refractivity contribution is 8.18. The van der Waals surface area contributed by atoms with E-state index in [4.69, 9.17) is 9.47 Å². The summed E-state index contributed by atoms with van der Waals surface area (Å²) in [5.74, 6) is 1.75. The minimum Gasteiger partial charge on any atom is -0.474 e. The van der Waals surface area contributed by atoms with E-state index in [9.17, 15) is 9.59 Å². The Morgan fingerprint density at radius 2 is 1.83 bits per heavy atom. The van der Waals surface area contributed by atoms with Crippen LogP contribution in [0.25, 0.3) is 6.08 Å². The number of rotatable bonds is 6. The molecule has 0 spiro atoms. The number of piperidine rings is 1. The molecule has 0 aliphatic carbocycles. The maximum Gasteiger partial charge on any atom is 0.290 e. The summed E-state index contributed by atoms with van der Waals surface area (Å²) in [6.07, 6.45) is 8.21. The molecule has 1 aromatic carbocycles. The van der Waals surface area contributed by atoms with E-state index in [0.29, 0.717) is 28.0 Å². The van der Waals surface area contributed by atoms with Gasteiger partial charge in [-0.05, 0) is 48.5 Å². The number of ether oxygens (including phenoxy) is 2. The van der Waals surface area contributed by atoms with Gasteiger partial charge in [0.05, 0.1) is 10.5 Å². The Hall–Kier alpha value is -3.99. The van der Waals surface area contributed by atoms with Gasteiger partial charge in [-0.2, -0.15) is 0 Å².